The number of rotatable bonds is 6. The fourth-order valence-electron chi connectivity index (χ4n) is 2.21. The standard InChI is InChI=1S/C16H16Cl2N2O4S/c1-11-7-9-12(10-8-11)25(23,24)19-15(16(2,18)20(21)22)13-5-3-4-6-14(13)17/h3-10,15,19H,1-2H3/t15-,16+/m0/s1. The van der Waals surface area contributed by atoms with Gasteiger partial charge in [-0.1, -0.05) is 47.5 Å². The number of hydrogen-bond acceptors (Lipinski definition) is 4. The van der Waals surface area contributed by atoms with E-state index in [2.05, 4.69) is 4.72 Å². The number of aryl methyl sites for hydroxylation is 1. The molecule has 25 heavy (non-hydrogen) atoms. The van der Waals surface area contributed by atoms with Gasteiger partial charge in [-0.3, -0.25) is 10.1 Å². The van der Waals surface area contributed by atoms with E-state index in [0.29, 0.717) is 0 Å². The molecule has 2 rings (SSSR count). The lowest BCUT2D eigenvalue weighted by atomic mass is 10.0. The predicted octanol–water partition coefficient (Wildman–Crippen LogP) is 3.90. The van der Waals surface area contributed by atoms with Crippen LogP contribution in [0.3, 0.4) is 0 Å². The average molecular weight is 403 g/mol. The van der Waals surface area contributed by atoms with E-state index in [-0.39, 0.29) is 15.5 Å². The summed E-state index contributed by atoms with van der Waals surface area (Å²) in [5, 5.41) is 11.6. The summed E-state index contributed by atoms with van der Waals surface area (Å²) in [5.41, 5.74) is 1.10. The number of nitrogens with one attached hydrogen (secondary N) is 1. The molecule has 0 unspecified atom stereocenters. The Bertz CT molecular complexity index is 883. The first-order chi connectivity index (χ1) is 11.6. The molecule has 0 saturated heterocycles. The van der Waals surface area contributed by atoms with E-state index in [4.69, 9.17) is 23.2 Å². The van der Waals surface area contributed by atoms with Gasteiger partial charge in [0.15, 0.2) is 0 Å². The third-order valence-electron chi connectivity index (χ3n) is 3.70. The summed E-state index contributed by atoms with van der Waals surface area (Å²) in [7, 11) is -4.06. The molecule has 0 spiro atoms. The van der Waals surface area contributed by atoms with Crippen molar-refractivity contribution in [2.75, 3.05) is 0 Å². The van der Waals surface area contributed by atoms with Crippen LogP contribution in [-0.4, -0.2) is 18.3 Å². The van der Waals surface area contributed by atoms with E-state index < -0.39 is 26.0 Å². The van der Waals surface area contributed by atoms with Gasteiger partial charge in [-0.15, -0.1) is 0 Å². The molecule has 9 heteroatoms. The van der Waals surface area contributed by atoms with Gasteiger partial charge >= 0.3 is 5.00 Å². The molecule has 0 bridgehead atoms. The van der Waals surface area contributed by atoms with Gasteiger partial charge in [-0.25, -0.2) is 8.42 Å². The van der Waals surface area contributed by atoms with Crippen molar-refractivity contribution < 1.29 is 13.3 Å². The zero-order chi connectivity index (χ0) is 18.8. The second-order valence-corrected chi connectivity index (χ2v) is 8.56. The Balaban J connectivity index is 2.52. The molecule has 0 aromatic heterocycles. The number of nitrogens with zero attached hydrogens (tertiary/aromatic N) is 1. The maximum atomic E-state index is 12.7. The molecular formula is C16H16Cl2N2O4S. The molecule has 6 nitrogen and oxygen atoms in total. The van der Waals surface area contributed by atoms with Crippen LogP contribution < -0.4 is 4.72 Å². The van der Waals surface area contributed by atoms with Crippen LogP contribution in [0.15, 0.2) is 53.4 Å². The van der Waals surface area contributed by atoms with Crippen LogP contribution >= 0.6 is 23.2 Å². The fourth-order valence-corrected chi connectivity index (χ4v) is 3.99. The summed E-state index contributed by atoms with van der Waals surface area (Å²) in [6.07, 6.45) is 0. The summed E-state index contributed by atoms with van der Waals surface area (Å²) < 4.78 is 27.7. The van der Waals surface area contributed by atoms with E-state index in [9.17, 15) is 18.5 Å². The highest BCUT2D eigenvalue weighted by molar-refractivity contribution is 7.89. The fraction of sp³-hybridized carbons (Fsp3) is 0.250. The molecule has 134 valence electrons. The molecule has 0 heterocycles. The zero-order valence-corrected chi connectivity index (χ0v) is 15.8. The maximum Gasteiger partial charge on any atom is 0.312 e. The molecule has 0 aliphatic carbocycles. The van der Waals surface area contributed by atoms with Gasteiger partial charge in [0, 0.05) is 16.9 Å². The zero-order valence-electron chi connectivity index (χ0n) is 13.4. The molecule has 2 aromatic rings. The van der Waals surface area contributed by atoms with Crippen molar-refractivity contribution >= 4 is 33.2 Å². The number of halogens is 2. The molecule has 0 aliphatic heterocycles. The SMILES string of the molecule is Cc1ccc(S(=O)(=O)N[C@@H](c2ccccc2Cl)[C@](C)(Cl)[N+](=O)[O-])cc1. The predicted molar refractivity (Wildman–Crippen MR) is 96.9 cm³/mol. The largest absolute Gasteiger partial charge is 0.312 e. The van der Waals surface area contributed by atoms with Crippen LogP contribution in [-0.2, 0) is 10.0 Å². The summed E-state index contributed by atoms with van der Waals surface area (Å²) in [5.74, 6) is 0. The maximum absolute atomic E-state index is 12.7. The van der Waals surface area contributed by atoms with Gasteiger partial charge in [0.25, 0.3) is 0 Å². The van der Waals surface area contributed by atoms with E-state index >= 15 is 0 Å². The first-order valence-electron chi connectivity index (χ1n) is 7.22. The number of alkyl halides is 1. The molecule has 1 N–H and O–H groups in total. The van der Waals surface area contributed by atoms with Gasteiger partial charge < -0.3 is 0 Å². The Kier molecular flexibility index (Phi) is 5.73. The summed E-state index contributed by atoms with van der Waals surface area (Å²) in [6.45, 7) is 2.94. The van der Waals surface area contributed by atoms with E-state index in [0.717, 1.165) is 12.5 Å². The third-order valence-corrected chi connectivity index (χ3v) is 5.84. The van der Waals surface area contributed by atoms with Crippen molar-refractivity contribution in [3.8, 4) is 0 Å². The minimum Gasteiger partial charge on any atom is -0.263 e. The van der Waals surface area contributed by atoms with Crippen molar-refractivity contribution in [2.45, 2.75) is 29.8 Å². The molecule has 0 saturated carbocycles. The first-order valence-corrected chi connectivity index (χ1v) is 9.46. The van der Waals surface area contributed by atoms with Crippen LogP contribution in [0.5, 0.6) is 0 Å². The average Bonchev–Trinajstić information content (AvgIpc) is 2.53. The van der Waals surface area contributed by atoms with Gasteiger partial charge in [-0.05, 0) is 42.3 Å². The number of nitro groups is 1. The molecule has 0 radical (unpaired) electrons. The van der Waals surface area contributed by atoms with Gasteiger partial charge in [-0.2, -0.15) is 4.72 Å². The smallest absolute Gasteiger partial charge is 0.263 e. The summed E-state index contributed by atoms with van der Waals surface area (Å²) in [6, 6.07) is 11.0. The van der Waals surface area contributed by atoms with Crippen LogP contribution in [0.25, 0.3) is 0 Å². The van der Waals surface area contributed by atoms with Crippen molar-refractivity contribution in [3.05, 3.63) is 74.8 Å². The van der Waals surface area contributed by atoms with Crippen LogP contribution in [0.2, 0.25) is 5.02 Å². The van der Waals surface area contributed by atoms with Crippen LogP contribution in [0, 0.1) is 17.0 Å². The molecule has 0 amide bonds. The molecule has 0 fully saturated rings. The molecule has 0 aliphatic rings. The Labute approximate surface area is 156 Å². The second kappa shape index (κ2) is 7.29. The molecule has 2 atom stereocenters. The van der Waals surface area contributed by atoms with E-state index in [1.54, 1.807) is 24.3 Å². The number of hydrogen-bond donors (Lipinski definition) is 1. The Morgan fingerprint density at radius 3 is 2.24 bits per heavy atom. The lowest BCUT2D eigenvalue weighted by molar-refractivity contribution is -0.542. The lowest BCUT2D eigenvalue weighted by Crippen LogP contribution is -2.45. The quantitative estimate of drug-likeness (QED) is 0.343. The van der Waals surface area contributed by atoms with Gasteiger partial charge in [0.2, 0.25) is 10.0 Å². The van der Waals surface area contributed by atoms with Crippen molar-refractivity contribution in [3.63, 3.8) is 0 Å². The van der Waals surface area contributed by atoms with E-state index in [1.165, 1.54) is 24.3 Å². The number of benzene rings is 2. The van der Waals surface area contributed by atoms with Crippen molar-refractivity contribution in [1.29, 1.82) is 0 Å². The number of sulfonamides is 1. The molecule has 2 aromatic carbocycles. The highest BCUT2D eigenvalue weighted by Crippen LogP contribution is 2.37. The highest BCUT2D eigenvalue weighted by atomic mass is 35.5. The van der Waals surface area contributed by atoms with Crippen molar-refractivity contribution in [2.24, 2.45) is 0 Å². The Hall–Kier alpha value is -1.67. The first kappa shape index (κ1) is 19.7. The van der Waals surface area contributed by atoms with Crippen LogP contribution in [0.4, 0.5) is 0 Å². The van der Waals surface area contributed by atoms with Gasteiger partial charge in [0.1, 0.15) is 6.04 Å². The van der Waals surface area contributed by atoms with Crippen molar-refractivity contribution in [1.82, 2.24) is 4.72 Å². The van der Waals surface area contributed by atoms with Gasteiger partial charge in [0.05, 0.1) is 4.90 Å². The normalized spacial score (nSPS) is 15.4. The lowest BCUT2D eigenvalue weighted by Gasteiger charge is -2.26. The summed E-state index contributed by atoms with van der Waals surface area (Å²) >= 11 is 12.2. The monoisotopic (exact) mass is 402 g/mol. The second-order valence-electron chi connectivity index (χ2n) is 5.67. The highest BCUT2D eigenvalue weighted by Gasteiger charge is 2.47. The Morgan fingerprint density at radius 1 is 1.16 bits per heavy atom. The minimum atomic E-state index is -4.06. The molecular weight excluding hydrogens is 387 g/mol. The minimum absolute atomic E-state index is 0.0223. The Morgan fingerprint density at radius 2 is 1.72 bits per heavy atom. The topological polar surface area (TPSA) is 89.3 Å². The van der Waals surface area contributed by atoms with E-state index in [1.807, 2.05) is 6.92 Å². The third kappa shape index (κ3) is 4.30. The van der Waals surface area contributed by atoms with Crippen LogP contribution in [0.1, 0.15) is 24.1 Å². The summed E-state index contributed by atoms with van der Waals surface area (Å²) in [4.78, 5) is 8.50.